The predicted octanol–water partition coefficient (Wildman–Crippen LogP) is 3.57. The normalized spacial score (nSPS) is 39.7. The number of nitrogens with zero attached hydrogens (tertiary/aromatic N) is 2. The van der Waals surface area contributed by atoms with Crippen LogP contribution >= 0.6 is 0 Å². The van der Waals surface area contributed by atoms with Gasteiger partial charge in [0, 0.05) is 31.5 Å². The van der Waals surface area contributed by atoms with Crippen LogP contribution in [-0.2, 0) is 16.8 Å². The highest BCUT2D eigenvalue weighted by atomic mass is 16.2. The van der Waals surface area contributed by atoms with E-state index in [9.17, 15) is 4.79 Å². The van der Waals surface area contributed by atoms with E-state index in [-0.39, 0.29) is 11.3 Å². The molecule has 0 radical (unpaired) electrons. The van der Waals surface area contributed by atoms with E-state index in [0.29, 0.717) is 0 Å². The van der Waals surface area contributed by atoms with Crippen molar-refractivity contribution < 1.29 is 4.79 Å². The van der Waals surface area contributed by atoms with Crippen LogP contribution in [0.3, 0.4) is 0 Å². The molecule has 4 fully saturated rings. The number of amides is 1. The largest absolute Gasteiger partial charge is 0.338 e. The first-order valence-electron chi connectivity index (χ1n) is 10.7. The van der Waals surface area contributed by atoms with Crippen molar-refractivity contribution in [2.75, 3.05) is 19.6 Å². The summed E-state index contributed by atoms with van der Waals surface area (Å²) in [6.45, 7) is 5.90. The molecular weight excluding hydrogens is 320 g/mol. The Labute approximate surface area is 156 Å². The summed E-state index contributed by atoms with van der Waals surface area (Å²) in [6.07, 6.45) is 8.48. The molecule has 3 heteroatoms. The van der Waals surface area contributed by atoms with Crippen molar-refractivity contribution in [3.05, 3.63) is 35.4 Å². The van der Waals surface area contributed by atoms with Crippen molar-refractivity contribution in [2.45, 2.75) is 63.5 Å². The summed E-state index contributed by atoms with van der Waals surface area (Å²) in [6, 6.07) is 9.78. The average Bonchev–Trinajstić information content (AvgIpc) is 3.31. The monoisotopic (exact) mass is 350 g/mol. The molecule has 26 heavy (non-hydrogen) atoms. The molecule has 1 aromatic carbocycles. The second-order valence-corrected chi connectivity index (χ2v) is 9.94. The number of carbonyl (C=O) groups excluding carboxylic acids is 1. The third kappa shape index (κ3) is 1.96. The summed E-state index contributed by atoms with van der Waals surface area (Å²) in [5.74, 6) is 2.36. The average molecular weight is 351 g/mol. The molecule has 4 atom stereocenters. The molecule has 0 N–H and O–H groups in total. The van der Waals surface area contributed by atoms with Crippen LogP contribution in [0.25, 0.3) is 0 Å². The number of piperidine rings is 1. The highest BCUT2D eigenvalue weighted by Gasteiger charge is 2.71. The Morgan fingerprint density at radius 2 is 1.92 bits per heavy atom. The standard InChI is InChI=1S/C23H30N2O/c1-16(26)25-14-17-4-2-3-5-19(17)22(15-25)8-10-24(11-9-22)21-13-23-12-18(23)6-7-20(21)23/h2-5,18,20-21H,6-15H2,1H3/t18-,20-,21-,23?/m0/s1. The van der Waals surface area contributed by atoms with Gasteiger partial charge in [0.15, 0.2) is 0 Å². The fraction of sp³-hybridized carbons (Fsp3) is 0.696. The van der Waals surface area contributed by atoms with Gasteiger partial charge in [-0.1, -0.05) is 24.3 Å². The molecular formula is C23H30N2O. The third-order valence-electron chi connectivity index (χ3n) is 9.01. The number of fused-ring (bicyclic) bond motifs is 2. The minimum absolute atomic E-state index is 0.191. The molecule has 3 nitrogen and oxygen atoms in total. The first kappa shape index (κ1) is 15.7. The van der Waals surface area contributed by atoms with Crippen molar-refractivity contribution in [1.82, 2.24) is 9.80 Å². The van der Waals surface area contributed by atoms with Crippen molar-refractivity contribution in [2.24, 2.45) is 17.3 Å². The zero-order valence-corrected chi connectivity index (χ0v) is 15.9. The molecule has 6 rings (SSSR count). The van der Waals surface area contributed by atoms with Gasteiger partial charge in [0.25, 0.3) is 0 Å². The first-order valence-corrected chi connectivity index (χ1v) is 10.7. The Balaban J connectivity index is 1.23. The van der Waals surface area contributed by atoms with Crippen LogP contribution in [0.15, 0.2) is 24.3 Å². The van der Waals surface area contributed by atoms with Crippen LogP contribution in [0.5, 0.6) is 0 Å². The maximum Gasteiger partial charge on any atom is 0.219 e. The van der Waals surface area contributed by atoms with Crippen LogP contribution in [0, 0.1) is 17.3 Å². The molecule has 0 bridgehead atoms. The van der Waals surface area contributed by atoms with Gasteiger partial charge in [-0.05, 0) is 80.0 Å². The molecule has 138 valence electrons. The number of rotatable bonds is 1. The fourth-order valence-electron chi connectivity index (χ4n) is 7.46. The van der Waals surface area contributed by atoms with E-state index in [4.69, 9.17) is 0 Å². The van der Waals surface area contributed by atoms with E-state index >= 15 is 0 Å². The van der Waals surface area contributed by atoms with Crippen LogP contribution in [-0.4, -0.2) is 41.4 Å². The van der Waals surface area contributed by atoms with E-state index in [1.54, 1.807) is 13.3 Å². The van der Waals surface area contributed by atoms with E-state index < -0.39 is 0 Å². The van der Waals surface area contributed by atoms with Gasteiger partial charge < -0.3 is 9.80 Å². The molecule has 3 aliphatic carbocycles. The first-order chi connectivity index (χ1) is 12.6. The summed E-state index contributed by atoms with van der Waals surface area (Å²) in [7, 11) is 0. The number of hydrogen-bond donors (Lipinski definition) is 0. The smallest absolute Gasteiger partial charge is 0.219 e. The van der Waals surface area contributed by atoms with Crippen molar-refractivity contribution in [1.29, 1.82) is 0 Å². The van der Waals surface area contributed by atoms with Gasteiger partial charge in [0.1, 0.15) is 0 Å². The van der Waals surface area contributed by atoms with Crippen LogP contribution in [0.4, 0.5) is 0 Å². The van der Waals surface area contributed by atoms with Crippen molar-refractivity contribution in [3.63, 3.8) is 0 Å². The summed E-state index contributed by atoms with van der Waals surface area (Å²) in [4.78, 5) is 17.1. The van der Waals surface area contributed by atoms with Crippen molar-refractivity contribution >= 4 is 5.91 Å². The van der Waals surface area contributed by atoms with Gasteiger partial charge in [-0.3, -0.25) is 4.79 Å². The lowest BCUT2D eigenvalue weighted by atomic mass is 9.64. The Hall–Kier alpha value is -1.35. The molecule has 0 aromatic heterocycles. The van der Waals surface area contributed by atoms with E-state index in [1.807, 2.05) is 0 Å². The zero-order chi connectivity index (χ0) is 17.5. The molecule has 2 spiro atoms. The molecule has 1 saturated heterocycles. The summed E-state index contributed by atoms with van der Waals surface area (Å²) >= 11 is 0. The molecule has 3 saturated carbocycles. The zero-order valence-electron chi connectivity index (χ0n) is 15.9. The highest BCUT2D eigenvalue weighted by molar-refractivity contribution is 5.74. The minimum Gasteiger partial charge on any atom is -0.338 e. The Kier molecular flexibility index (Phi) is 3.09. The molecule has 1 unspecified atom stereocenters. The summed E-state index contributed by atoms with van der Waals surface area (Å²) in [5.41, 5.74) is 3.92. The maximum absolute atomic E-state index is 12.1. The van der Waals surface area contributed by atoms with Crippen LogP contribution in [0.2, 0.25) is 0 Å². The Bertz CT molecular complexity index is 763. The summed E-state index contributed by atoms with van der Waals surface area (Å²) < 4.78 is 0. The number of likely N-dealkylation sites (tertiary alicyclic amines) is 1. The van der Waals surface area contributed by atoms with Crippen LogP contribution < -0.4 is 0 Å². The maximum atomic E-state index is 12.1. The van der Waals surface area contributed by atoms with Crippen LogP contribution in [0.1, 0.15) is 56.6 Å². The highest BCUT2D eigenvalue weighted by Crippen LogP contribution is 2.76. The second-order valence-electron chi connectivity index (χ2n) is 9.94. The second kappa shape index (κ2) is 5.13. The van der Waals surface area contributed by atoms with Gasteiger partial charge in [-0.25, -0.2) is 0 Å². The summed E-state index contributed by atoms with van der Waals surface area (Å²) in [5, 5.41) is 0. The third-order valence-corrected chi connectivity index (χ3v) is 9.01. The quantitative estimate of drug-likeness (QED) is 0.773. The number of carbonyl (C=O) groups is 1. The minimum atomic E-state index is 0.191. The van der Waals surface area contributed by atoms with Gasteiger partial charge in [0.2, 0.25) is 5.91 Å². The lowest BCUT2D eigenvalue weighted by Gasteiger charge is -2.55. The van der Waals surface area contributed by atoms with Gasteiger partial charge in [0.05, 0.1) is 0 Å². The van der Waals surface area contributed by atoms with Gasteiger partial charge in [-0.15, -0.1) is 0 Å². The van der Waals surface area contributed by atoms with Crippen molar-refractivity contribution in [3.8, 4) is 0 Å². The molecule has 5 aliphatic rings. The number of benzene rings is 1. The van der Waals surface area contributed by atoms with E-state index in [2.05, 4.69) is 34.1 Å². The number of hydrogen-bond acceptors (Lipinski definition) is 2. The molecule has 2 heterocycles. The van der Waals surface area contributed by atoms with Gasteiger partial charge in [-0.2, -0.15) is 0 Å². The topological polar surface area (TPSA) is 23.6 Å². The van der Waals surface area contributed by atoms with E-state index in [1.165, 1.54) is 56.3 Å². The Morgan fingerprint density at radius 1 is 1.12 bits per heavy atom. The predicted molar refractivity (Wildman–Crippen MR) is 102 cm³/mol. The fourth-order valence-corrected chi connectivity index (χ4v) is 7.46. The Morgan fingerprint density at radius 3 is 2.65 bits per heavy atom. The van der Waals surface area contributed by atoms with E-state index in [0.717, 1.165) is 36.4 Å². The molecule has 1 amide bonds. The SMILES string of the molecule is CC(=O)N1Cc2ccccc2C2(CCN([C@H]3CC45C[C@@H]4CC[C@@H]35)CC2)C1. The molecule has 2 aliphatic heterocycles. The lowest BCUT2D eigenvalue weighted by molar-refractivity contribution is -0.131. The van der Waals surface area contributed by atoms with Gasteiger partial charge >= 0.3 is 0 Å². The lowest BCUT2D eigenvalue weighted by Crippen LogP contribution is -2.59. The molecule has 1 aromatic rings.